The van der Waals surface area contributed by atoms with E-state index in [4.69, 9.17) is 15.2 Å². The van der Waals surface area contributed by atoms with Crippen LogP contribution in [-0.2, 0) is 0 Å². The molecule has 1 aromatic heterocycles. The summed E-state index contributed by atoms with van der Waals surface area (Å²) in [7, 11) is 1.59. The fraction of sp³-hybridized carbons (Fsp3) is 0.615. The Labute approximate surface area is 102 Å². The molecule has 0 aliphatic heterocycles. The van der Waals surface area contributed by atoms with Gasteiger partial charge in [0, 0.05) is 6.07 Å². The number of hydrogen-bond acceptors (Lipinski definition) is 4. The lowest BCUT2D eigenvalue weighted by atomic mass is 9.90. The maximum absolute atomic E-state index is 5.82. The van der Waals surface area contributed by atoms with Gasteiger partial charge in [-0.1, -0.05) is 19.3 Å². The lowest BCUT2D eigenvalue weighted by molar-refractivity contribution is 0.202. The van der Waals surface area contributed by atoms with Gasteiger partial charge in [0.25, 0.3) is 0 Å². The van der Waals surface area contributed by atoms with Gasteiger partial charge in [-0.25, -0.2) is 0 Å². The van der Waals surface area contributed by atoms with E-state index in [-0.39, 0.29) is 0 Å². The predicted octanol–water partition coefficient (Wildman–Crippen LogP) is 2.63. The highest BCUT2D eigenvalue weighted by atomic mass is 16.5. The second kappa shape index (κ2) is 5.75. The number of anilines is 1. The second-order valence-corrected chi connectivity index (χ2v) is 4.56. The summed E-state index contributed by atoms with van der Waals surface area (Å²) >= 11 is 0. The van der Waals surface area contributed by atoms with Crippen LogP contribution >= 0.6 is 0 Å². The van der Waals surface area contributed by atoms with Crippen molar-refractivity contribution in [2.45, 2.75) is 32.1 Å². The van der Waals surface area contributed by atoms with Crippen LogP contribution in [0.4, 0.5) is 5.69 Å². The monoisotopic (exact) mass is 236 g/mol. The zero-order valence-corrected chi connectivity index (χ0v) is 10.3. The minimum atomic E-state index is 0.495. The largest absolute Gasteiger partial charge is 0.481 e. The van der Waals surface area contributed by atoms with E-state index in [9.17, 15) is 0 Å². The van der Waals surface area contributed by atoms with Crippen molar-refractivity contribution >= 4 is 5.69 Å². The standard InChI is InChI=1S/C13H20N2O2/c1-16-12-8-7-11(14)13(15-12)17-9-10-5-3-2-4-6-10/h7-8,10H,2-6,9,14H2,1H3. The molecular formula is C13H20N2O2. The number of hydrogen-bond donors (Lipinski definition) is 1. The van der Waals surface area contributed by atoms with Crippen molar-refractivity contribution in [2.24, 2.45) is 5.92 Å². The fourth-order valence-electron chi connectivity index (χ4n) is 2.21. The summed E-state index contributed by atoms with van der Waals surface area (Å²) in [6.45, 7) is 0.713. The highest BCUT2D eigenvalue weighted by Crippen LogP contribution is 2.26. The fourth-order valence-corrected chi connectivity index (χ4v) is 2.21. The first-order valence-electron chi connectivity index (χ1n) is 6.23. The van der Waals surface area contributed by atoms with E-state index in [1.807, 2.05) is 0 Å². The molecule has 0 unspecified atom stereocenters. The van der Waals surface area contributed by atoms with E-state index in [0.29, 0.717) is 30.0 Å². The van der Waals surface area contributed by atoms with Crippen molar-refractivity contribution in [1.82, 2.24) is 4.98 Å². The van der Waals surface area contributed by atoms with Crippen LogP contribution in [0.25, 0.3) is 0 Å². The van der Waals surface area contributed by atoms with Crippen LogP contribution in [0.2, 0.25) is 0 Å². The SMILES string of the molecule is COc1ccc(N)c(OCC2CCCCC2)n1. The minimum Gasteiger partial charge on any atom is -0.481 e. The Hall–Kier alpha value is -1.45. The zero-order valence-electron chi connectivity index (χ0n) is 10.3. The average molecular weight is 236 g/mol. The molecule has 0 bridgehead atoms. The minimum absolute atomic E-state index is 0.495. The van der Waals surface area contributed by atoms with Gasteiger partial charge in [-0.2, -0.15) is 4.98 Å². The van der Waals surface area contributed by atoms with Crippen LogP contribution in [0.3, 0.4) is 0 Å². The summed E-state index contributed by atoms with van der Waals surface area (Å²) in [6.07, 6.45) is 6.49. The Morgan fingerprint density at radius 1 is 1.29 bits per heavy atom. The first-order valence-corrected chi connectivity index (χ1v) is 6.23. The molecule has 1 aliphatic rings. The number of nitrogens with two attached hydrogens (primary N) is 1. The Balaban J connectivity index is 1.92. The highest BCUT2D eigenvalue weighted by Gasteiger charge is 2.15. The summed E-state index contributed by atoms with van der Waals surface area (Å²) in [5.74, 6) is 1.68. The third-order valence-corrected chi connectivity index (χ3v) is 3.25. The maximum atomic E-state index is 5.82. The number of nitrogen functional groups attached to an aromatic ring is 1. The van der Waals surface area contributed by atoms with Crippen molar-refractivity contribution in [3.8, 4) is 11.8 Å². The number of methoxy groups -OCH3 is 1. The lowest BCUT2D eigenvalue weighted by Gasteiger charge is -2.21. The van der Waals surface area contributed by atoms with Gasteiger partial charge in [0.05, 0.1) is 19.4 Å². The molecule has 17 heavy (non-hydrogen) atoms. The molecule has 1 aliphatic carbocycles. The summed E-state index contributed by atoms with van der Waals surface area (Å²) in [4.78, 5) is 4.21. The van der Waals surface area contributed by atoms with Gasteiger partial charge in [-0.15, -0.1) is 0 Å². The van der Waals surface area contributed by atoms with E-state index in [0.717, 1.165) is 0 Å². The molecule has 0 atom stereocenters. The van der Waals surface area contributed by atoms with E-state index in [2.05, 4.69) is 4.98 Å². The maximum Gasteiger partial charge on any atom is 0.240 e. The lowest BCUT2D eigenvalue weighted by Crippen LogP contribution is -2.16. The number of pyridine rings is 1. The number of aromatic nitrogens is 1. The molecule has 0 spiro atoms. The molecule has 0 saturated heterocycles. The third-order valence-electron chi connectivity index (χ3n) is 3.25. The number of nitrogens with zero attached hydrogens (tertiary/aromatic N) is 1. The Kier molecular flexibility index (Phi) is 4.07. The van der Waals surface area contributed by atoms with Gasteiger partial charge < -0.3 is 15.2 Å². The van der Waals surface area contributed by atoms with Crippen LogP contribution in [0.1, 0.15) is 32.1 Å². The summed E-state index contributed by atoms with van der Waals surface area (Å²) in [6, 6.07) is 3.50. The molecule has 2 rings (SSSR count). The normalized spacial score (nSPS) is 16.8. The molecule has 1 saturated carbocycles. The number of rotatable bonds is 4. The van der Waals surface area contributed by atoms with Gasteiger partial charge in [0.1, 0.15) is 0 Å². The topological polar surface area (TPSA) is 57.4 Å². The zero-order chi connectivity index (χ0) is 12.1. The third kappa shape index (κ3) is 3.25. The van der Waals surface area contributed by atoms with Gasteiger partial charge in [-0.3, -0.25) is 0 Å². The van der Waals surface area contributed by atoms with Crippen LogP contribution in [-0.4, -0.2) is 18.7 Å². The van der Waals surface area contributed by atoms with E-state index in [1.165, 1.54) is 32.1 Å². The molecule has 4 heteroatoms. The van der Waals surface area contributed by atoms with Crippen molar-refractivity contribution in [1.29, 1.82) is 0 Å². The van der Waals surface area contributed by atoms with Crippen LogP contribution in [0, 0.1) is 5.92 Å². The van der Waals surface area contributed by atoms with Gasteiger partial charge in [0.15, 0.2) is 0 Å². The van der Waals surface area contributed by atoms with Gasteiger partial charge >= 0.3 is 0 Å². The summed E-state index contributed by atoms with van der Waals surface area (Å²) < 4.78 is 10.8. The molecular weight excluding hydrogens is 216 g/mol. The molecule has 94 valence electrons. The molecule has 1 heterocycles. The second-order valence-electron chi connectivity index (χ2n) is 4.56. The summed E-state index contributed by atoms with van der Waals surface area (Å²) in [5.41, 5.74) is 6.39. The van der Waals surface area contributed by atoms with Gasteiger partial charge in [-0.05, 0) is 24.8 Å². The molecule has 1 fully saturated rings. The van der Waals surface area contributed by atoms with Crippen LogP contribution in [0.5, 0.6) is 11.8 Å². The van der Waals surface area contributed by atoms with E-state index >= 15 is 0 Å². The molecule has 4 nitrogen and oxygen atoms in total. The van der Waals surface area contributed by atoms with Crippen molar-refractivity contribution < 1.29 is 9.47 Å². The first-order chi connectivity index (χ1) is 8.29. The Morgan fingerprint density at radius 2 is 2.06 bits per heavy atom. The van der Waals surface area contributed by atoms with E-state index in [1.54, 1.807) is 19.2 Å². The quantitative estimate of drug-likeness (QED) is 0.873. The molecule has 0 radical (unpaired) electrons. The summed E-state index contributed by atoms with van der Waals surface area (Å²) in [5, 5.41) is 0. The predicted molar refractivity (Wildman–Crippen MR) is 67.3 cm³/mol. The van der Waals surface area contributed by atoms with E-state index < -0.39 is 0 Å². The Morgan fingerprint density at radius 3 is 2.76 bits per heavy atom. The van der Waals surface area contributed by atoms with Crippen LogP contribution in [0.15, 0.2) is 12.1 Å². The molecule has 2 N–H and O–H groups in total. The van der Waals surface area contributed by atoms with Crippen molar-refractivity contribution in [3.63, 3.8) is 0 Å². The Bertz CT molecular complexity index is 362. The van der Waals surface area contributed by atoms with Gasteiger partial charge in [0.2, 0.25) is 11.8 Å². The van der Waals surface area contributed by atoms with Crippen molar-refractivity contribution in [2.75, 3.05) is 19.5 Å². The average Bonchev–Trinajstić information content (AvgIpc) is 2.39. The number of ether oxygens (including phenoxy) is 2. The highest BCUT2D eigenvalue weighted by molar-refractivity contribution is 5.49. The molecule has 0 aromatic carbocycles. The molecule has 0 amide bonds. The molecule has 1 aromatic rings. The van der Waals surface area contributed by atoms with Crippen molar-refractivity contribution in [3.05, 3.63) is 12.1 Å². The smallest absolute Gasteiger partial charge is 0.240 e. The van der Waals surface area contributed by atoms with Crippen LogP contribution < -0.4 is 15.2 Å². The first kappa shape index (κ1) is 12.0.